The van der Waals surface area contributed by atoms with Crippen LogP contribution < -0.4 is 0 Å². The Bertz CT molecular complexity index is 180. The monoisotopic (exact) mass is 215 g/mol. The fourth-order valence-electron chi connectivity index (χ4n) is 1.56. The van der Waals surface area contributed by atoms with E-state index in [1.165, 1.54) is 0 Å². The van der Waals surface area contributed by atoms with E-state index in [0.29, 0.717) is 12.6 Å². The minimum Gasteiger partial charge on any atom is -0.466 e. The Kier molecular flexibility index (Phi) is 7.39. The van der Waals surface area contributed by atoms with Gasteiger partial charge in [0.2, 0.25) is 0 Å². The first-order valence-electron chi connectivity index (χ1n) is 5.93. The molecule has 0 aromatic heterocycles. The summed E-state index contributed by atoms with van der Waals surface area (Å²) in [6.45, 7) is 12.6. The molecule has 3 nitrogen and oxygen atoms in total. The van der Waals surface area contributed by atoms with Gasteiger partial charge in [0.15, 0.2) is 0 Å². The maximum absolute atomic E-state index is 11.5. The Morgan fingerprint density at radius 2 is 1.87 bits per heavy atom. The molecule has 15 heavy (non-hydrogen) atoms. The van der Waals surface area contributed by atoms with Crippen LogP contribution in [-0.4, -0.2) is 36.6 Å². The zero-order valence-electron chi connectivity index (χ0n) is 10.7. The molecule has 0 heterocycles. The number of rotatable bonds is 7. The van der Waals surface area contributed by atoms with Gasteiger partial charge in [-0.1, -0.05) is 13.8 Å². The average Bonchev–Trinajstić information content (AvgIpc) is 2.17. The number of nitrogens with zero attached hydrogens (tertiary/aromatic N) is 1. The first kappa shape index (κ1) is 14.4. The molecular formula is C12H25NO2. The van der Waals surface area contributed by atoms with Crippen LogP contribution in [0, 0.1) is 5.92 Å². The van der Waals surface area contributed by atoms with Gasteiger partial charge in [-0.2, -0.15) is 0 Å². The Hall–Kier alpha value is -0.570. The van der Waals surface area contributed by atoms with Gasteiger partial charge in [-0.05, 0) is 33.7 Å². The maximum atomic E-state index is 11.5. The summed E-state index contributed by atoms with van der Waals surface area (Å²) in [6, 6.07) is 0.488. The number of hydrogen-bond donors (Lipinski definition) is 0. The van der Waals surface area contributed by atoms with Gasteiger partial charge in [0.25, 0.3) is 0 Å². The van der Waals surface area contributed by atoms with Crippen molar-refractivity contribution >= 4 is 5.97 Å². The number of ether oxygens (including phenoxy) is 1. The minimum absolute atomic E-state index is 0.0288. The average molecular weight is 215 g/mol. The van der Waals surface area contributed by atoms with E-state index in [0.717, 1.165) is 19.5 Å². The highest BCUT2D eigenvalue weighted by Gasteiger charge is 2.19. The highest BCUT2D eigenvalue weighted by Crippen LogP contribution is 2.07. The van der Waals surface area contributed by atoms with Gasteiger partial charge >= 0.3 is 5.97 Å². The van der Waals surface area contributed by atoms with Crippen molar-refractivity contribution < 1.29 is 9.53 Å². The summed E-state index contributed by atoms with van der Waals surface area (Å²) in [4.78, 5) is 13.8. The lowest BCUT2D eigenvalue weighted by atomic mass is 10.1. The predicted octanol–water partition coefficient (Wildman–Crippen LogP) is 2.31. The largest absolute Gasteiger partial charge is 0.466 e. The van der Waals surface area contributed by atoms with Gasteiger partial charge in [0.1, 0.15) is 0 Å². The van der Waals surface area contributed by atoms with E-state index < -0.39 is 0 Å². The second kappa shape index (κ2) is 7.69. The SMILES string of the molecule is CCCN(CC(C)C(=O)OCC)C(C)C. The molecule has 0 aliphatic heterocycles. The molecule has 0 saturated heterocycles. The molecule has 0 N–H and O–H groups in total. The zero-order valence-corrected chi connectivity index (χ0v) is 10.7. The first-order chi connectivity index (χ1) is 7.02. The summed E-state index contributed by atoms with van der Waals surface area (Å²) >= 11 is 0. The maximum Gasteiger partial charge on any atom is 0.309 e. The normalized spacial score (nSPS) is 13.3. The van der Waals surface area contributed by atoms with Gasteiger partial charge in [0, 0.05) is 12.6 Å². The molecule has 0 rings (SSSR count). The lowest BCUT2D eigenvalue weighted by molar-refractivity contribution is -0.148. The number of hydrogen-bond acceptors (Lipinski definition) is 3. The standard InChI is InChI=1S/C12H25NO2/c1-6-8-13(10(3)4)9-11(5)12(14)15-7-2/h10-11H,6-9H2,1-5H3. The van der Waals surface area contributed by atoms with Gasteiger partial charge in [-0.15, -0.1) is 0 Å². The lowest BCUT2D eigenvalue weighted by Crippen LogP contribution is -2.37. The Morgan fingerprint density at radius 3 is 2.27 bits per heavy atom. The predicted molar refractivity (Wildman–Crippen MR) is 62.8 cm³/mol. The van der Waals surface area contributed by atoms with Crippen LogP contribution in [0.25, 0.3) is 0 Å². The van der Waals surface area contributed by atoms with Crippen molar-refractivity contribution in [1.29, 1.82) is 0 Å². The van der Waals surface area contributed by atoms with Crippen molar-refractivity contribution in [1.82, 2.24) is 4.90 Å². The molecule has 90 valence electrons. The van der Waals surface area contributed by atoms with Crippen LogP contribution in [0.3, 0.4) is 0 Å². The summed E-state index contributed by atoms with van der Waals surface area (Å²) in [5.41, 5.74) is 0. The third-order valence-corrected chi connectivity index (χ3v) is 2.44. The van der Waals surface area contributed by atoms with Crippen molar-refractivity contribution in [3.8, 4) is 0 Å². The van der Waals surface area contributed by atoms with Crippen LogP contribution in [-0.2, 0) is 9.53 Å². The summed E-state index contributed by atoms with van der Waals surface area (Å²) < 4.78 is 5.00. The van der Waals surface area contributed by atoms with E-state index in [4.69, 9.17) is 4.74 Å². The topological polar surface area (TPSA) is 29.5 Å². The molecule has 1 atom stereocenters. The second-order valence-electron chi connectivity index (χ2n) is 4.24. The molecule has 0 aromatic rings. The molecule has 0 amide bonds. The highest BCUT2D eigenvalue weighted by molar-refractivity contribution is 5.72. The molecule has 0 radical (unpaired) electrons. The Labute approximate surface area is 93.8 Å². The number of carbonyl (C=O) groups is 1. The molecule has 0 fully saturated rings. The third kappa shape index (κ3) is 5.78. The van der Waals surface area contributed by atoms with Crippen molar-refractivity contribution in [3.05, 3.63) is 0 Å². The van der Waals surface area contributed by atoms with Gasteiger partial charge in [0.05, 0.1) is 12.5 Å². The van der Waals surface area contributed by atoms with Crippen molar-refractivity contribution in [2.75, 3.05) is 19.7 Å². The van der Waals surface area contributed by atoms with E-state index in [1.54, 1.807) is 0 Å². The minimum atomic E-state index is -0.0840. The van der Waals surface area contributed by atoms with Gasteiger partial charge < -0.3 is 9.64 Å². The summed E-state index contributed by atoms with van der Waals surface area (Å²) in [5.74, 6) is -0.113. The van der Waals surface area contributed by atoms with Crippen molar-refractivity contribution in [3.63, 3.8) is 0 Å². The Balaban J connectivity index is 4.09. The molecule has 0 bridgehead atoms. The quantitative estimate of drug-likeness (QED) is 0.610. The van der Waals surface area contributed by atoms with E-state index in [2.05, 4.69) is 25.7 Å². The lowest BCUT2D eigenvalue weighted by Gasteiger charge is -2.28. The molecule has 0 aromatic carbocycles. The van der Waals surface area contributed by atoms with Crippen LogP contribution in [0.5, 0.6) is 0 Å². The van der Waals surface area contributed by atoms with Crippen molar-refractivity contribution in [2.24, 2.45) is 5.92 Å². The Morgan fingerprint density at radius 1 is 1.27 bits per heavy atom. The molecule has 0 saturated carbocycles. The molecule has 3 heteroatoms. The van der Waals surface area contributed by atoms with Crippen LogP contribution in [0.4, 0.5) is 0 Å². The summed E-state index contributed by atoms with van der Waals surface area (Å²) in [7, 11) is 0. The molecule has 1 unspecified atom stereocenters. The number of esters is 1. The molecular weight excluding hydrogens is 190 g/mol. The smallest absolute Gasteiger partial charge is 0.309 e. The second-order valence-corrected chi connectivity index (χ2v) is 4.24. The first-order valence-corrected chi connectivity index (χ1v) is 5.93. The molecule has 0 spiro atoms. The van der Waals surface area contributed by atoms with E-state index in [9.17, 15) is 4.79 Å². The van der Waals surface area contributed by atoms with Crippen LogP contribution in [0.15, 0.2) is 0 Å². The van der Waals surface area contributed by atoms with Gasteiger partial charge in [-0.25, -0.2) is 0 Å². The van der Waals surface area contributed by atoms with E-state index in [-0.39, 0.29) is 11.9 Å². The summed E-state index contributed by atoms with van der Waals surface area (Å²) in [5, 5.41) is 0. The number of carbonyl (C=O) groups excluding carboxylic acids is 1. The molecule has 0 aliphatic rings. The molecule has 0 aliphatic carbocycles. The zero-order chi connectivity index (χ0) is 11.8. The van der Waals surface area contributed by atoms with Crippen LogP contribution >= 0.6 is 0 Å². The van der Waals surface area contributed by atoms with E-state index in [1.807, 2.05) is 13.8 Å². The fraction of sp³-hybridized carbons (Fsp3) is 0.917. The van der Waals surface area contributed by atoms with Crippen LogP contribution in [0.2, 0.25) is 0 Å². The van der Waals surface area contributed by atoms with Crippen molar-refractivity contribution in [2.45, 2.75) is 47.1 Å². The summed E-state index contributed by atoms with van der Waals surface area (Å²) in [6.07, 6.45) is 1.12. The third-order valence-electron chi connectivity index (χ3n) is 2.44. The van der Waals surface area contributed by atoms with Crippen LogP contribution in [0.1, 0.15) is 41.0 Å². The van der Waals surface area contributed by atoms with E-state index >= 15 is 0 Å². The van der Waals surface area contributed by atoms with Gasteiger partial charge in [-0.3, -0.25) is 4.79 Å². The highest BCUT2D eigenvalue weighted by atomic mass is 16.5. The fourth-order valence-corrected chi connectivity index (χ4v) is 1.56.